The van der Waals surface area contributed by atoms with Crippen LogP contribution in [0, 0.1) is 0 Å². The summed E-state index contributed by atoms with van der Waals surface area (Å²) in [4.78, 5) is 17.7. The van der Waals surface area contributed by atoms with Crippen molar-refractivity contribution in [2.24, 2.45) is 0 Å². The fourth-order valence-electron chi connectivity index (χ4n) is 2.63. The lowest BCUT2D eigenvalue weighted by atomic mass is 10.2. The van der Waals surface area contributed by atoms with E-state index in [1.54, 1.807) is 16.0 Å². The van der Waals surface area contributed by atoms with Crippen molar-refractivity contribution in [1.29, 1.82) is 0 Å². The van der Waals surface area contributed by atoms with Gasteiger partial charge in [-0.1, -0.05) is 30.3 Å². The van der Waals surface area contributed by atoms with E-state index in [-0.39, 0.29) is 5.69 Å². The summed E-state index contributed by atoms with van der Waals surface area (Å²) in [5.74, 6) is -0.418. The minimum Gasteiger partial charge on any atom is -0.321 e. The lowest BCUT2D eigenvalue weighted by Crippen LogP contribution is -2.14. The van der Waals surface area contributed by atoms with Crippen LogP contribution in [0.3, 0.4) is 0 Å². The summed E-state index contributed by atoms with van der Waals surface area (Å²) >= 11 is 1.32. The van der Waals surface area contributed by atoms with E-state index in [1.165, 1.54) is 23.5 Å². The number of rotatable bonds is 3. The van der Waals surface area contributed by atoms with Gasteiger partial charge in [0.25, 0.3) is 5.91 Å². The molecule has 0 spiro atoms. The van der Waals surface area contributed by atoms with Gasteiger partial charge in [-0.2, -0.15) is 13.2 Å². The van der Waals surface area contributed by atoms with Crippen LogP contribution in [0.4, 0.5) is 18.9 Å². The van der Waals surface area contributed by atoms with Gasteiger partial charge in [-0.15, -0.1) is 11.3 Å². The molecule has 1 N–H and O–H groups in total. The number of fused-ring (bicyclic) bond motifs is 1. The average Bonchev–Trinajstić information content (AvgIpc) is 3.22. The smallest absolute Gasteiger partial charge is 0.321 e. The zero-order valence-corrected chi connectivity index (χ0v) is 14.5. The molecule has 0 aliphatic rings. The number of hydrogen-bond donors (Lipinski definition) is 1. The molecule has 0 aliphatic carbocycles. The lowest BCUT2D eigenvalue weighted by Gasteiger charge is -2.08. The Morgan fingerprint density at radius 1 is 1.04 bits per heavy atom. The highest BCUT2D eigenvalue weighted by molar-refractivity contribution is 7.15. The Hall–Kier alpha value is -3.13. The quantitative estimate of drug-likeness (QED) is 0.516. The van der Waals surface area contributed by atoms with Crippen LogP contribution in [0.25, 0.3) is 16.2 Å². The van der Waals surface area contributed by atoms with E-state index in [0.29, 0.717) is 10.7 Å². The fraction of sp³-hybridized carbons (Fsp3) is 0.0526. The van der Waals surface area contributed by atoms with Gasteiger partial charge in [0.1, 0.15) is 5.69 Å². The van der Waals surface area contributed by atoms with Crippen LogP contribution in [-0.2, 0) is 6.18 Å². The van der Waals surface area contributed by atoms with E-state index in [1.807, 2.05) is 30.3 Å². The molecule has 1 amide bonds. The summed E-state index contributed by atoms with van der Waals surface area (Å²) in [5, 5.41) is 4.28. The van der Waals surface area contributed by atoms with Gasteiger partial charge in [-0.05, 0) is 24.3 Å². The highest BCUT2D eigenvalue weighted by Crippen LogP contribution is 2.30. The van der Waals surface area contributed by atoms with Crippen molar-refractivity contribution in [3.63, 3.8) is 0 Å². The first kappa shape index (κ1) is 17.3. The number of hydrogen-bond acceptors (Lipinski definition) is 3. The van der Waals surface area contributed by atoms with E-state index < -0.39 is 17.6 Å². The predicted molar refractivity (Wildman–Crippen MR) is 97.9 cm³/mol. The number of nitrogens with zero attached hydrogens (tertiary/aromatic N) is 2. The van der Waals surface area contributed by atoms with Gasteiger partial charge in [0.15, 0.2) is 4.96 Å². The van der Waals surface area contributed by atoms with Gasteiger partial charge in [-0.3, -0.25) is 9.20 Å². The molecule has 8 heteroatoms. The maximum atomic E-state index is 12.6. The van der Waals surface area contributed by atoms with Crippen LogP contribution in [0.15, 0.2) is 66.2 Å². The number of benzene rings is 2. The van der Waals surface area contributed by atoms with Gasteiger partial charge in [0.2, 0.25) is 0 Å². The topological polar surface area (TPSA) is 46.4 Å². The molecule has 2 aromatic heterocycles. The van der Waals surface area contributed by atoms with Crippen LogP contribution in [0.2, 0.25) is 0 Å². The monoisotopic (exact) mass is 387 g/mol. The molecule has 0 aliphatic heterocycles. The second-order valence-electron chi connectivity index (χ2n) is 5.79. The van der Waals surface area contributed by atoms with E-state index in [2.05, 4.69) is 10.3 Å². The predicted octanol–water partition coefficient (Wildman–Crippen LogP) is 5.33. The molecule has 0 radical (unpaired) electrons. The van der Waals surface area contributed by atoms with Crippen molar-refractivity contribution in [2.45, 2.75) is 6.18 Å². The summed E-state index contributed by atoms with van der Waals surface area (Å²) in [6, 6.07) is 13.9. The first-order valence-electron chi connectivity index (χ1n) is 7.92. The van der Waals surface area contributed by atoms with Crippen molar-refractivity contribution in [2.75, 3.05) is 5.32 Å². The number of alkyl halides is 3. The number of thiazole rings is 1. The number of halogens is 3. The molecule has 4 nitrogen and oxygen atoms in total. The summed E-state index contributed by atoms with van der Waals surface area (Å²) in [6.45, 7) is 0. The van der Waals surface area contributed by atoms with E-state index in [9.17, 15) is 18.0 Å². The normalized spacial score (nSPS) is 11.7. The second-order valence-corrected chi connectivity index (χ2v) is 6.63. The van der Waals surface area contributed by atoms with Crippen molar-refractivity contribution in [3.05, 3.63) is 77.4 Å². The Morgan fingerprint density at radius 3 is 2.41 bits per heavy atom. The maximum Gasteiger partial charge on any atom is 0.416 e. The number of amides is 1. The maximum absolute atomic E-state index is 12.6. The van der Waals surface area contributed by atoms with Crippen molar-refractivity contribution in [1.82, 2.24) is 9.38 Å². The molecule has 27 heavy (non-hydrogen) atoms. The van der Waals surface area contributed by atoms with Crippen molar-refractivity contribution >= 4 is 27.9 Å². The third-order valence-electron chi connectivity index (χ3n) is 3.98. The number of anilines is 1. The molecule has 136 valence electrons. The Morgan fingerprint density at radius 2 is 1.74 bits per heavy atom. The van der Waals surface area contributed by atoms with E-state index in [4.69, 9.17) is 0 Å². The van der Waals surface area contributed by atoms with Crippen LogP contribution in [-0.4, -0.2) is 15.3 Å². The third-order valence-corrected chi connectivity index (χ3v) is 4.82. The summed E-state index contributed by atoms with van der Waals surface area (Å²) in [7, 11) is 0. The van der Waals surface area contributed by atoms with Crippen LogP contribution >= 0.6 is 11.3 Å². The minimum atomic E-state index is -4.41. The summed E-state index contributed by atoms with van der Waals surface area (Å²) < 4.78 is 39.6. The van der Waals surface area contributed by atoms with Gasteiger partial charge in [0, 0.05) is 22.8 Å². The fourth-order valence-corrected chi connectivity index (χ4v) is 3.49. The first-order valence-corrected chi connectivity index (χ1v) is 8.80. The molecular formula is C19H12F3N3OS. The summed E-state index contributed by atoms with van der Waals surface area (Å²) in [5.41, 5.74) is 1.56. The molecule has 0 saturated heterocycles. The zero-order valence-electron chi connectivity index (χ0n) is 13.7. The van der Waals surface area contributed by atoms with E-state index >= 15 is 0 Å². The SMILES string of the molecule is O=C(Nc1ccc(C(F)(F)F)cc1)c1csc2nc(-c3ccccc3)cn12. The van der Waals surface area contributed by atoms with Gasteiger partial charge >= 0.3 is 6.18 Å². The molecule has 0 saturated carbocycles. The second kappa shape index (κ2) is 6.55. The first-order chi connectivity index (χ1) is 12.9. The van der Waals surface area contributed by atoms with Crippen LogP contribution in [0.1, 0.15) is 16.1 Å². The third kappa shape index (κ3) is 3.43. The molecule has 0 atom stereocenters. The Labute approximate surface area is 155 Å². The number of carbonyl (C=O) groups is 1. The van der Waals surface area contributed by atoms with E-state index in [0.717, 1.165) is 23.4 Å². The Bertz CT molecular complexity index is 1100. The number of carbonyl (C=O) groups excluding carboxylic acids is 1. The summed E-state index contributed by atoms with van der Waals surface area (Å²) in [6.07, 6.45) is -2.64. The molecule has 2 aromatic carbocycles. The van der Waals surface area contributed by atoms with Gasteiger partial charge in [-0.25, -0.2) is 4.98 Å². The Kier molecular flexibility index (Phi) is 4.19. The number of aromatic nitrogens is 2. The Balaban J connectivity index is 1.59. The zero-order chi connectivity index (χ0) is 19.0. The highest BCUT2D eigenvalue weighted by atomic mass is 32.1. The molecule has 2 heterocycles. The van der Waals surface area contributed by atoms with Crippen LogP contribution < -0.4 is 5.32 Å². The number of nitrogens with one attached hydrogen (secondary N) is 1. The van der Waals surface area contributed by atoms with Gasteiger partial charge < -0.3 is 5.32 Å². The molecule has 0 unspecified atom stereocenters. The largest absolute Gasteiger partial charge is 0.416 e. The van der Waals surface area contributed by atoms with Crippen molar-refractivity contribution in [3.8, 4) is 11.3 Å². The van der Waals surface area contributed by atoms with Gasteiger partial charge in [0.05, 0.1) is 11.3 Å². The molecule has 4 aromatic rings. The molecular weight excluding hydrogens is 375 g/mol. The average molecular weight is 387 g/mol. The minimum absolute atomic E-state index is 0.288. The lowest BCUT2D eigenvalue weighted by molar-refractivity contribution is -0.137. The number of imidazole rings is 1. The highest BCUT2D eigenvalue weighted by Gasteiger charge is 2.30. The van der Waals surface area contributed by atoms with Crippen molar-refractivity contribution < 1.29 is 18.0 Å². The standard InChI is InChI=1S/C19H12F3N3OS/c20-19(21,22)13-6-8-14(9-7-13)23-17(26)16-11-27-18-24-15(10-25(16)18)12-4-2-1-3-5-12/h1-11H,(H,23,26). The molecule has 4 rings (SSSR count). The van der Waals surface area contributed by atoms with Crippen LogP contribution in [0.5, 0.6) is 0 Å². The molecule has 0 fully saturated rings. The molecule has 0 bridgehead atoms.